The van der Waals surface area contributed by atoms with Gasteiger partial charge in [-0.15, -0.1) is 10.2 Å². The van der Waals surface area contributed by atoms with Gasteiger partial charge in [-0.05, 0) is 66.9 Å². The fourth-order valence-corrected chi connectivity index (χ4v) is 5.14. The molecule has 1 N–H and O–H groups in total. The lowest BCUT2D eigenvalue weighted by molar-refractivity contribution is -0.132. The van der Waals surface area contributed by atoms with E-state index in [4.69, 9.17) is 9.47 Å². The molecule has 3 aromatic carbocycles. The monoisotopic (exact) mass is 553 g/mol. The van der Waals surface area contributed by atoms with Gasteiger partial charge in [0.15, 0.2) is 0 Å². The molecule has 0 radical (unpaired) electrons. The minimum absolute atomic E-state index is 0.0359. The summed E-state index contributed by atoms with van der Waals surface area (Å²) >= 11 is 1.19. The Balaban J connectivity index is 1.49. The van der Waals surface area contributed by atoms with Crippen LogP contribution in [0.5, 0.6) is 11.5 Å². The molecule has 4 aromatic rings. The molecule has 40 heavy (non-hydrogen) atoms. The molecule has 1 unspecified atom stereocenters. The molecule has 0 bridgehead atoms. The Morgan fingerprint density at radius 3 is 2.30 bits per heavy atom. The summed E-state index contributed by atoms with van der Waals surface area (Å²) in [4.78, 5) is 27.9. The molecule has 5 rings (SSSR count). The van der Waals surface area contributed by atoms with Gasteiger partial charge in [-0.1, -0.05) is 60.4 Å². The van der Waals surface area contributed by atoms with Crippen LogP contribution in [0.2, 0.25) is 0 Å². The topological polar surface area (TPSA) is 102 Å². The van der Waals surface area contributed by atoms with E-state index >= 15 is 0 Å². The lowest BCUT2D eigenvalue weighted by atomic mass is 9.95. The number of hydrogen-bond acceptors (Lipinski definition) is 8. The van der Waals surface area contributed by atoms with E-state index in [-0.39, 0.29) is 16.5 Å². The number of Topliss-reactive ketones (excluding diaryl/α,β-unsaturated/α-hetero) is 1. The van der Waals surface area contributed by atoms with Crippen LogP contribution >= 0.6 is 11.3 Å². The van der Waals surface area contributed by atoms with Crippen molar-refractivity contribution in [3.8, 4) is 11.5 Å². The van der Waals surface area contributed by atoms with E-state index in [0.717, 1.165) is 11.1 Å². The second kappa shape index (κ2) is 11.5. The van der Waals surface area contributed by atoms with Crippen LogP contribution in [0.1, 0.15) is 33.3 Å². The molecular formula is C31H27N3O5S. The van der Waals surface area contributed by atoms with E-state index < -0.39 is 17.7 Å². The van der Waals surface area contributed by atoms with Crippen molar-refractivity contribution in [2.24, 2.45) is 0 Å². The van der Waals surface area contributed by atoms with Gasteiger partial charge in [0.1, 0.15) is 35.5 Å². The number of carbonyl (C=O) groups is 2. The summed E-state index contributed by atoms with van der Waals surface area (Å²) in [6.45, 7) is 8.18. The third-order valence-electron chi connectivity index (χ3n) is 6.51. The quantitative estimate of drug-likeness (QED) is 0.119. The molecule has 1 amide bonds. The summed E-state index contributed by atoms with van der Waals surface area (Å²) in [6, 6.07) is 20.8. The molecule has 1 fully saturated rings. The zero-order valence-corrected chi connectivity index (χ0v) is 22.9. The lowest BCUT2D eigenvalue weighted by Gasteiger charge is -2.22. The number of nitrogens with zero attached hydrogens (tertiary/aromatic N) is 3. The molecule has 9 heteroatoms. The first-order valence-corrected chi connectivity index (χ1v) is 13.4. The molecule has 1 aromatic heterocycles. The highest BCUT2D eigenvalue weighted by Gasteiger charge is 2.48. The summed E-state index contributed by atoms with van der Waals surface area (Å²) in [6.07, 6.45) is 1.64. The molecule has 0 saturated carbocycles. The fourth-order valence-electron chi connectivity index (χ4n) is 4.43. The van der Waals surface area contributed by atoms with Crippen molar-refractivity contribution in [3.05, 3.63) is 118 Å². The molecular weight excluding hydrogens is 526 g/mol. The normalized spacial score (nSPS) is 16.2. The fraction of sp³-hybridized carbons (Fsp3) is 0.161. The Morgan fingerprint density at radius 1 is 0.975 bits per heavy atom. The third kappa shape index (κ3) is 5.37. The van der Waals surface area contributed by atoms with Gasteiger partial charge in [-0.3, -0.25) is 14.5 Å². The Kier molecular flexibility index (Phi) is 7.75. The average molecular weight is 554 g/mol. The minimum Gasteiger partial charge on any atom is -0.507 e. The summed E-state index contributed by atoms with van der Waals surface area (Å²) in [7, 11) is 0. The number of aryl methyl sites for hydroxylation is 2. The number of benzene rings is 3. The zero-order valence-electron chi connectivity index (χ0n) is 22.0. The number of hydrogen-bond donors (Lipinski definition) is 1. The first-order chi connectivity index (χ1) is 19.4. The van der Waals surface area contributed by atoms with Crippen LogP contribution in [0.25, 0.3) is 5.76 Å². The highest BCUT2D eigenvalue weighted by molar-refractivity contribution is 7.15. The van der Waals surface area contributed by atoms with E-state index in [2.05, 4.69) is 16.8 Å². The first kappa shape index (κ1) is 26.8. The first-order valence-electron chi connectivity index (χ1n) is 12.6. The third-order valence-corrected chi connectivity index (χ3v) is 7.35. The summed E-state index contributed by atoms with van der Waals surface area (Å²) < 4.78 is 11.5. The van der Waals surface area contributed by atoms with E-state index in [9.17, 15) is 14.7 Å². The number of ketones is 1. The highest BCUT2D eigenvalue weighted by Crippen LogP contribution is 2.43. The van der Waals surface area contributed by atoms with Crippen LogP contribution in [0, 0.1) is 13.8 Å². The van der Waals surface area contributed by atoms with Gasteiger partial charge in [0, 0.05) is 5.56 Å². The molecule has 1 atom stereocenters. The van der Waals surface area contributed by atoms with E-state index in [0.29, 0.717) is 40.8 Å². The van der Waals surface area contributed by atoms with Crippen molar-refractivity contribution in [1.29, 1.82) is 0 Å². The van der Waals surface area contributed by atoms with Gasteiger partial charge < -0.3 is 14.6 Å². The Morgan fingerprint density at radius 2 is 1.65 bits per heavy atom. The largest absolute Gasteiger partial charge is 0.507 e. The molecule has 8 nitrogen and oxygen atoms in total. The predicted molar refractivity (Wildman–Crippen MR) is 154 cm³/mol. The Bertz CT molecular complexity index is 1590. The predicted octanol–water partition coefficient (Wildman–Crippen LogP) is 5.93. The number of aliphatic hydroxyl groups excluding tert-OH is 1. The molecule has 1 saturated heterocycles. The van der Waals surface area contributed by atoms with Crippen molar-refractivity contribution >= 4 is 33.9 Å². The van der Waals surface area contributed by atoms with Crippen molar-refractivity contribution < 1.29 is 24.2 Å². The van der Waals surface area contributed by atoms with E-state index in [1.165, 1.54) is 16.2 Å². The Hall–Kier alpha value is -4.76. The standard InChI is InChI=1S/C31H27N3O5S/c1-4-17-38-24-13-9-21(10-14-24)27-26(29(36)30(37)34(27)31-33-32-20(3)40-31)28(35)22-11-15-25(16-12-22)39-18-23-8-6-5-7-19(23)2/h4-16,27,35H,1,17-18H2,2-3H3. The Labute approximate surface area is 235 Å². The van der Waals surface area contributed by atoms with Crippen molar-refractivity contribution in [2.75, 3.05) is 11.5 Å². The number of amides is 1. The van der Waals surface area contributed by atoms with Gasteiger partial charge in [0.05, 0.1) is 11.6 Å². The van der Waals surface area contributed by atoms with Gasteiger partial charge in [0.2, 0.25) is 5.13 Å². The van der Waals surface area contributed by atoms with Gasteiger partial charge >= 0.3 is 5.91 Å². The average Bonchev–Trinajstić information content (AvgIpc) is 3.51. The van der Waals surface area contributed by atoms with E-state index in [1.54, 1.807) is 61.5 Å². The van der Waals surface area contributed by atoms with E-state index in [1.807, 2.05) is 31.2 Å². The van der Waals surface area contributed by atoms with Crippen LogP contribution in [-0.4, -0.2) is 33.6 Å². The molecule has 0 aliphatic carbocycles. The van der Waals surface area contributed by atoms with Crippen LogP contribution in [0.15, 0.2) is 91.0 Å². The van der Waals surface area contributed by atoms with Crippen molar-refractivity contribution in [2.45, 2.75) is 26.5 Å². The van der Waals surface area contributed by atoms with Gasteiger partial charge in [0.25, 0.3) is 5.78 Å². The SMILES string of the molecule is C=CCOc1ccc(C2C(=C(O)c3ccc(OCc4ccccc4C)cc3)C(=O)C(=O)N2c2nnc(C)s2)cc1. The van der Waals surface area contributed by atoms with Crippen LogP contribution in [-0.2, 0) is 16.2 Å². The minimum atomic E-state index is -0.905. The molecule has 1 aliphatic rings. The molecule has 202 valence electrons. The number of anilines is 1. The number of aromatic nitrogens is 2. The van der Waals surface area contributed by atoms with Crippen LogP contribution < -0.4 is 14.4 Å². The van der Waals surface area contributed by atoms with Crippen molar-refractivity contribution in [3.63, 3.8) is 0 Å². The smallest absolute Gasteiger partial charge is 0.301 e. The van der Waals surface area contributed by atoms with Crippen LogP contribution in [0.4, 0.5) is 5.13 Å². The number of carbonyl (C=O) groups excluding carboxylic acids is 2. The van der Waals surface area contributed by atoms with Crippen molar-refractivity contribution in [1.82, 2.24) is 10.2 Å². The maximum atomic E-state index is 13.3. The molecule has 1 aliphatic heterocycles. The highest BCUT2D eigenvalue weighted by atomic mass is 32.1. The lowest BCUT2D eigenvalue weighted by Crippen LogP contribution is -2.29. The summed E-state index contributed by atoms with van der Waals surface area (Å²) in [5.74, 6) is -0.662. The zero-order chi connectivity index (χ0) is 28.2. The number of rotatable bonds is 9. The number of ether oxygens (including phenoxy) is 2. The second-order valence-electron chi connectivity index (χ2n) is 9.18. The number of aliphatic hydroxyl groups is 1. The maximum Gasteiger partial charge on any atom is 0.301 e. The van der Waals surface area contributed by atoms with Crippen LogP contribution in [0.3, 0.4) is 0 Å². The van der Waals surface area contributed by atoms with Gasteiger partial charge in [-0.2, -0.15) is 0 Å². The maximum absolute atomic E-state index is 13.3. The summed E-state index contributed by atoms with van der Waals surface area (Å²) in [5.41, 5.74) is 3.16. The molecule has 0 spiro atoms. The van der Waals surface area contributed by atoms with Gasteiger partial charge in [-0.25, -0.2) is 0 Å². The second-order valence-corrected chi connectivity index (χ2v) is 10.3. The summed E-state index contributed by atoms with van der Waals surface area (Å²) in [5, 5.41) is 20.4. The molecule has 2 heterocycles.